The maximum atomic E-state index is 6.21. The highest BCUT2D eigenvalue weighted by molar-refractivity contribution is 6.31. The highest BCUT2D eigenvalue weighted by Crippen LogP contribution is 2.29. The fourth-order valence-corrected chi connectivity index (χ4v) is 2.29. The van der Waals surface area contributed by atoms with Gasteiger partial charge in [0.2, 0.25) is 5.89 Å². The summed E-state index contributed by atoms with van der Waals surface area (Å²) < 4.78 is 5.78. The first-order valence-electron chi connectivity index (χ1n) is 5.80. The lowest BCUT2D eigenvalue weighted by atomic mass is 9.98. The molecule has 0 aliphatic carbocycles. The Morgan fingerprint density at radius 1 is 1.47 bits per heavy atom. The van der Waals surface area contributed by atoms with E-state index in [2.05, 4.69) is 11.9 Å². The van der Waals surface area contributed by atoms with Crippen molar-refractivity contribution in [2.45, 2.75) is 39.2 Å². The zero-order chi connectivity index (χ0) is 12.6. The van der Waals surface area contributed by atoms with Gasteiger partial charge in [0.1, 0.15) is 5.52 Å². The van der Waals surface area contributed by atoms with Gasteiger partial charge in [0, 0.05) is 5.02 Å². The smallest absolute Gasteiger partial charge is 0.215 e. The van der Waals surface area contributed by atoms with Crippen LogP contribution in [0.4, 0.5) is 0 Å². The number of fused-ring (bicyclic) bond motifs is 1. The molecule has 17 heavy (non-hydrogen) atoms. The Morgan fingerprint density at radius 2 is 2.18 bits per heavy atom. The summed E-state index contributed by atoms with van der Waals surface area (Å²) in [4.78, 5) is 4.45. The number of nitrogens with zero attached hydrogens (tertiary/aromatic N) is 1. The quantitative estimate of drug-likeness (QED) is 0.905. The molecule has 0 saturated carbocycles. The van der Waals surface area contributed by atoms with Gasteiger partial charge in [-0.3, -0.25) is 0 Å². The molecule has 2 N–H and O–H groups in total. The Hall–Kier alpha value is -1.06. The van der Waals surface area contributed by atoms with E-state index >= 15 is 0 Å². The van der Waals surface area contributed by atoms with Crippen molar-refractivity contribution in [3.8, 4) is 0 Å². The number of rotatable bonds is 3. The molecule has 4 heteroatoms. The molecule has 0 saturated heterocycles. The first-order valence-corrected chi connectivity index (χ1v) is 6.18. The third-order valence-corrected chi connectivity index (χ3v) is 3.12. The molecule has 3 nitrogen and oxygen atoms in total. The molecule has 0 fully saturated rings. The molecule has 0 bridgehead atoms. The molecule has 1 heterocycles. The van der Waals surface area contributed by atoms with Crippen molar-refractivity contribution in [1.82, 2.24) is 4.98 Å². The average molecular weight is 253 g/mol. The summed E-state index contributed by atoms with van der Waals surface area (Å²) in [7, 11) is 0. The van der Waals surface area contributed by atoms with Gasteiger partial charge in [-0.2, -0.15) is 0 Å². The molecule has 92 valence electrons. The topological polar surface area (TPSA) is 52.0 Å². The van der Waals surface area contributed by atoms with Crippen molar-refractivity contribution < 1.29 is 4.42 Å². The van der Waals surface area contributed by atoms with E-state index in [0.717, 1.165) is 29.5 Å². The predicted molar refractivity (Wildman–Crippen MR) is 70.2 cm³/mol. The number of nitrogens with two attached hydrogens (primary N) is 1. The van der Waals surface area contributed by atoms with E-state index in [9.17, 15) is 0 Å². The first kappa shape index (κ1) is 12.4. The number of halogens is 1. The largest absolute Gasteiger partial charge is 0.438 e. The van der Waals surface area contributed by atoms with Crippen LogP contribution in [0.2, 0.25) is 5.02 Å². The van der Waals surface area contributed by atoms with Gasteiger partial charge in [0.25, 0.3) is 0 Å². The Labute approximate surface area is 106 Å². The minimum absolute atomic E-state index is 0.521. The molecule has 0 radical (unpaired) electrons. The van der Waals surface area contributed by atoms with E-state index in [4.69, 9.17) is 21.8 Å². The summed E-state index contributed by atoms with van der Waals surface area (Å²) in [5, 5.41) is 0.670. The van der Waals surface area contributed by atoms with Gasteiger partial charge in [-0.25, -0.2) is 4.98 Å². The number of benzene rings is 1. The first-order chi connectivity index (χ1) is 7.94. The Balaban J connectivity index is 2.55. The Morgan fingerprint density at radius 3 is 2.82 bits per heavy atom. The van der Waals surface area contributed by atoms with Crippen LogP contribution in [0.15, 0.2) is 16.5 Å². The maximum Gasteiger partial charge on any atom is 0.215 e. The van der Waals surface area contributed by atoms with Gasteiger partial charge in [-0.05, 0) is 38.0 Å². The van der Waals surface area contributed by atoms with E-state index < -0.39 is 5.54 Å². The molecule has 0 spiro atoms. The van der Waals surface area contributed by atoms with Crippen molar-refractivity contribution in [1.29, 1.82) is 0 Å². The van der Waals surface area contributed by atoms with Crippen molar-refractivity contribution in [3.05, 3.63) is 28.6 Å². The van der Waals surface area contributed by atoms with E-state index in [1.807, 2.05) is 19.9 Å². The van der Waals surface area contributed by atoms with Crippen LogP contribution in [-0.2, 0) is 5.54 Å². The molecule has 1 aromatic carbocycles. The molecule has 2 aromatic rings. The summed E-state index contributed by atoms with van der Waals surface area (Å²) in [6, 6.07) is 3.67. The minimum Gasteiger partial charge on any atom is -0.438 e. The highest BCUT2D eigenvalue weighted by Gasteiger charge is 2.26. The molecule has 0 aliphatic heterocycles. The van der Waals surface area contributed by atoms with Crippen LogP contribution in [0.3, 0.4) is 0 Å². The van der Waals surface area contributed by atoms with Crippen molar-refractivity contribution >= 4 is 22.7 Å². The van der Waals surface area contributed by atoms with Crippen LogP contribution < -0.4 is 5.73 Å². The molecule has 2 rings (SSSR count). The lowest BCUT2D eigenvalue weighted by molar-refractivity contribution is 0.341. The number of hydrogen-bond acceptors (Lipinski definition) is 3. The van der Waals surface area contributed by atoms with Gasteiger partial charge >= 0.3 is 0 Å². The second-order valence-electron chi connectivity index (χ2n) is 4.76. The zero-order valence-corrected chi connectivity index (χ0v) is 11.1. The third-order valence-electron chi connectivity index (χ3n) is 2.90. The van der Waals surface area contributed by atoms with Gasteiger partial charge in [0.05, 0.1) is 5.54 Å². The van der Waals surface area contributed by atoms with Gasteiger partial charge < -0.3 is 10.2 Å². The molecule has 0 aliphatic rings. The van der Waals surface area contributed by atoms with Crippen LogP contribution >= 0.6 is 11.6 Å². The van der Waals surface area contributed by atoms with Crippen LogP contribution in [0, 0.1) is 6.92 Å². The second-order valence-corrected chi connectivity index (χ2v) is 5.19. The normalized spacial score (nSPS) is 15.1. The number of aromatic nitrogens is 1. The fraction of sp³-hybridized carbons (Fsp3) is 0.462. The number of aryl methyl sites for hydroxylation is 1. The van der Waals surface area contributed by atoms with Crippen LogP contribution in [-0.4, -0.2) is 4.98 Å². The molecule has 1 aromatic heterocycles. The molecule has 0 amide bonds. The summed E-state index contributed by atoms with van der Waals surface area (Å²) >= 11 is 6.00. The standard InChI is InChI=1S/C13H17ClN2O/c1-4-5-13(3,15)12-16-10-7-9(14)6-8(2)11(10)17-12/h6-7H,4-5,15H2,1-3H3. The number of hydrogen-bond donors (Lipinski definition) is 1. The molecule has 1 atom stereocenters. The highest BCUT2D eigenvalue weighted by atomic mass is 35.5. The Bertz CT molecular complexity index is 546. The average Bonchev–Trinajstić information content (AvgIpc) is 2.62. The van der Waals surface area contributed by atoms with E-state index in [1.54, 1.807) is 6.07 Å². The summed E-state index contributed by atoms with van der Waals surface area (Å²) in [5.74, 6) is 0.583. The zero-order valence-electron chi connectivity index (χ0n) is 10.4. The SMILES string of the molecule is CCCC(C)(N)c1nc2cc(Cl)cc(C)c2o1. The number of oxazole rings is 1. The van der Waals surface area contributed by atoms with Gasteiger partial charge in [0.15, 0.2) is 5.58 Å². The summed E-state index contributed by atoms with van der Waals surface area (Å²) in [6.07, 6.45) is 1.83. The van der Waals surface area contributed by atoms with Crippen molar-refractivity contribution in [3.63, 3.8) is 0 Å². The van der Waals surface area contributed by atoms with Crippen LogP contribution in [0.1, 0.15) is 38.1 Å². The van der Waals surface area contributed by atoms with E-state index in [0.29, 0.717) is 10.9 Å². The van der Waals surface area contributed by atoms with E-state index in [-0.39, 0.29) is 0 Å². The van der Waals surface area contributed by atoms with Crippen molar-refractivity contribution in [2.24, 2.45) is 5.73 Å². The summed E-state index contributed by atoms with van der Waals surface area (Å²) in [5.41, 5.74) is 8.23. The monoisotopic (exact) mass is 252 g/mol. The van der Waals surface area contributed by atoms with Gasteiger partial charge in [-0.1, -0.05) is 24.9 Å². The van der Waals surface area contributed by atoms with Crippen molar-refractivity contribution in [2.75, 3.05) is 0 Å². The van der Waals surface area contributed by atoms with Crippen LogP contribution in [0.25, 0.3) is 11.1 Å². The molecular weight excluding hydrogens is 236 g/mol. The molecular formula is C13H17ClN2O. The summed E-state index contributed by atoms with van der Waals surface area (Å²) in [6.45, 7) is 5.99. The fourth-order valence-electron chi connectivity index (χ4n) is 2.03. The second kappa shape index (κ2) is 4.31. The Kier molecular flexibility index (Phi) is 3.15. The minimum atomic E-state index is -0.521. The lowest BCUT2D eigenvalue weighted by Crippen LogP contribution is -2.33. The lowest BCUT2D eigenvalue weighted by Gasteiger charge is -2.19. The van der Waals surface area contributed by atoms with E-state index in [1.165, 1.54) is 0 Å². The predicted octanol–water partition coefficient (Wildman–Crippen LogP) is 3.76. The third kappa shape index (κ3) is 2.31. The van der Waals surface area contributed by atoms with Gasteiger partial charge in [-0.15, -0.1) is 0 Å². The maximum absolute atomic E-state index is 6.21. The molecule has 1 unspecified atom stereocenters. The van der Waals surface area contributed by atoms with Crippen LogP contribution in [0.5, 0.6) is 0 Å².